The van der Waals surface area contributed by atoms with Crippen molar-refractivity contribution in [3.8, 4) is 0 Å². The molecule has 0 aliphatic rings. The molecule has 1 aromatic carbocycles. The second-order valence-electron chi connectivity index (χ2n) is 5.69. The average molecular weight is 339 g/mol. The van der Waals surface area contributed by atoms with Gasteiger partial charge in [0, 0.05) is 42.2 Å². The van der Waals surface area contributed by atoms with E-state index in [1.165, 1.54) is 12.1 Å². The molecule has 1 N–H and O–H groups in total. The number of hydrogen-bond acceptors (Lipinski definition) is 3. The molecule has 7 heteroatoms. The Balaban J connectivity index is 1.67. The van der Waals surface area contributed by atoms with Gasteiger partial charge in [0.1, 0.15) is 5.82 Å². The summed E-state index contributed by atoms with van der Waals surface area (Å²) in [6, 6.07) is 8.31. The molecule has 0 fully saturated rings. The van der Waals surface area contributed by atoms with Crippen molar-refractivity contribution < 1.29 is 9.18 Å². The number of nitrogens with zero attached hydrogens (tertiary/aromatic N) is 4. The number of carbonyl (C=O) groups is 1. The van der Waals surface area contributed by atoms with Gasteiger partial charge < -0.3 is 5.32 Å². The third-order valence-electron chi connectivity index (χ3n) is 3.66. The molecule has 0 aliphatic heterocycles. The van der Waals surface area contributed by atoms with Gasteiger partial charge in [-0.2, -0.15) is 10.2 Å². The number of amides is 1. The van der Waals surface area contributed by atoms with Crippen molar-refractivity contribution in [3.05, 3.63) is 71.4 Å². The van der Waals surface area contributed by atoms with Crippen LogP contribution < -0.4 is 5.32 Å². The standard InChI is InChI=1S/C18H18FN5O/c1-13-9-17(21-18(25)8-7-14-10-20-23(2)11-14)22-24(13)12-15-5-3-4-6-16(15)19/h3-11H,12H2,1-2H3,(H,21,22,25)/b8-7+. The van der Waals surface area contributed by atoms with Gasteiger partial charge >= 0.3 is 0 Å². The van der Waals surface area contributed by atoms with Crippen LogP contribution in [0.1, 0.15) is 16.8 Å². The molecule has 0 spiro atoms. The highest BCUT2D eigenvalue weighted by molar-refractivity contribution is 6.01. The SMILES string of the molecule is Cc1cc(NC(=O)/C=C/c2cnn(C)c2)nn1Cc1ccccc1F. The van der Waals surface area contributed by atoms with Crippen LogP contribution in [0.2, 0.25) is 0 Å². The molecule has 0 aliphatic carbocycles. The van der Waals surface area contributed by atoms with Crippen LogP contribution in [0.15, 0.2) is 48.8 Å². The molecule has 0 saturated heterocycles. The Morgan fingerprint density at radius 3 is 2.88 bits per heavy atom. The summed E-state index contributed by atoms with van der Waals surface area (Å²) in [5.41, 5.74) is 2.21. The topological polar surface area (TPSA) is 64.7 Å². The zero-order valence-electron chi connectivity index (χ0n) is 14.0. The van der Waals surface area contributed by atoms with Gasteiger partial charge in [-0.15, -0.1) is 0 Å². The molecule has 128 valence electrons. The van der Waals surface area contributed by atoms with E-state index in [0.717, 1.165) is 11.3 Å². The highest BCUT2D eigenvalue weighted by Crippen LogP contribution is 2.13. The summed E-state index contributed by atoms with van der Waals surface area (Å²) >= 11 is 0. The lowest BCUT2D eigenvalue weighted by atomic mass is 10.2. The quantitative estimate of drug-likeness (QED) is 0.727. The van der Waals surface area contributed by atoms with Gasteiger partial charge in [-0.3, -0.25) is 14.2 Å². The van der Waals surface area contributed by atoms with E-state index in [-0.39, 0.29) is 11.7 Å². The number of hydrogen-bond donors (Lipinski definition) is 1. The molecule has 3 aromatic rings. The number of aryl methyl sites for hydroxylation is 2. The summed E-state index contributed by atoms with van der Waals surface area (Å²) in [6.07, 6.45) is 6.56. The Kier molecular flexibility index (Phi) is 4.74. The molecule has 2 aromatic heterocycles. The fraction of sp³-hybridized carbons (Fsp3) is 0.167. The fourth-order valence-electron chi connectivity index (χ4n) is 2.39. The van der Waals surface area contributed by atoms with Gasteiger partial charge in [-0.25, -0.2) is 4.39 Å². The van der Waals surface area contributed by atoms with E-state index < -0.39 is 0 Å². The van der Waals surface area contributed by atoms with E-state index in [9.17, 15) is 9.18 Å². The zero-order valence-corrected chi connectivity index (χ0v) is 14.0. The summed E-state index contributed by atoms with van der Waals surface area (Å²) in [5.74, 6) is -0.142. The lowest BCUT2D eigenvalue weighted by Crippen LogP contribution is -2.10. The Bertz CT molecular complexity index is 925. The third-order valence-corrected chi connectivity index (χ3v) is 3.66. The molecule has 3 rings (SSSR count). The number of halogens is 1. The van der Waals surface area contributed by atoms with E-state index >= 15 is 0 Å². The monoisotopic (exact) mass is 339 g/mol. The van der Waals surface area contributed by atoms with Crippen molar-refractivity contribution >= 4 is 17.8 Å². The minimum atomic E-state index is -0.292. The summed E-state index contributed by atoms with van der Waals surface area (Å²) in [6.45, 7) is 2.16. The van der Waals surface area contributed by atoms with E-state index in [1.54, 1.807) is 52.1 Å². The number of carbonyl (C=O) groups excluding carboxylic acids is 1. The predicted octanol–water partition coefficient (Wildman–Crippen LogP) is 2.76. The largest absolute Gasteiger partial charge is 0.306 e. The van der Waals surface area contributed by atoms with E-state index in [2.05, 4.69) is 15.5 Å². The first-order chi connectivity index (χ1) is 12.0. The van der Waals surface area contributed by atoms with Crippen molar-refractivity contribution in [1.29, 1.82) is 0 Å². The zero-order chi connectivity index (χ0) is 17.8. The molecule has 0 radical (unpaired) electrons. The van der Waals surface area contributed by atoms with Gasteiger partial charge in [0.05, 0.1) is 12.7 Å². The molecule has 2 heterocycles. The maximum Gasteiger partial charge on any atom is 0.249 e. The van der Waals surface area contributed by atoms with Crippen LogP contribution in [0.25, 0.3) is 6.08 Å². The van der Waals surface area contributed by atoms with Crippen LogP contribution in [0.3, 0.4) is 0 Å². The molecule has 0 bridgehead atoms. The second kappa shape index (κ2) is 7.12. The Morgan fingerprint density at radius 2 is 2.16 bits per heavy atom. The van der Waals surface area contributed by atoms with Crippen molar-refractivity contribution in [2.45, 2.75) is 13.5 Å². The lowest BCUT2D eigenvalue weighted by molar-refractivity contribution is -0.111. The summed E-state index contributed by atoms with van der Waals surface area (Å²) in [5, 5.41) is 11.0. The minimum absolute atomic E-state index is 0.276. The number of anilines is 1. The van der Waals surface area contributed by atoms with E-state index in [1.807, 2.05) is 14.0 Å². The van der Waals surface area contributed by atoms with Crippen LogP contribution in [0.4, 0.5) is 10.2 Å². The van der Waals surface area contributed by atoms with Crippen LogP contribution in [0.5, 0.6) is 0 Å². The van der Waals surface area contributed by atoms with Gasteiger partial charge in [0.25, 0.3) is 0 Å². The summed E-state index contributed by atoms with van der Waals surface area (Å²) < 4.78 is 17.1. The summed E-state index contributed by atoms with van der Waals surface area (Å²) in [4.78, 5) is 12.0. The number of nitrogens with one attached hydrogen (secondary N) is 1. The maximum absolute atomic E-state index is 13.8. The van der Waals surface area contributed by atoms with Crippen LogP contribution in [-0.2, 0) is 18.4 Å². The fourth-order valence-corrected chi connectivity index (χ4v) is 2.39. The van der Waals surface area contributed by atoms with Crippen molar-refractivity contribution in [2.24, 2.45) is 7.05 Å². The average Bonchev–Trinajstić information content (AvgIpc) is 3.13. The number of benzene rings is 1. The van der Waals surface area contributed by atoms with Crippen molar-refractivity contribution in [3.63, 3.8) is 0 Å². The highest BCUT2D eigenvalue weighted by atomic mass is 19.1. The van der Waals surface area contributed by atoms with Crippen LogP contribution in [-0.4, -0.2) is 25.5 Å². The van der Waals surface area contributed by atoms with Crippen LogP contribution >= 0.6 is 0 Å². The van der Waals surface area contributed by atoms with Gasteiger partial charge in [-0.1, -0.05) is 18.2 Å². The van der Waals surface area contributed by atoms with Crippen LogP contribution in [0, 0.1) is 12.7 Å². The first-order valence-electron chi connectivity index (χ1n) is 7.77. The first kappa shape index (κ1) is 16.6. The van der Waals surface area contributed by atoms with E-state index in [4.69, 9.17) is 0 Å². The maximum atomic E-state index is 13.8. The Hall–Kier alpha value is -3.22. The normalized spacial score (nSPS) is 11.2. The predicted molar refractivity (Wildman–Crippen MR) is 93.3 cm³/mol. The minimum Gasteiger partial charge on any atom is -0.306 e. The third kappa shape index (κ3) is 4.20. The van der Waals surface area contributed by atoms with Gasteiger partial charge in [-0.05, 0) is 19.1 Å². The summed E-state index contributed by atoms with van der Waals surface area (Å²) in [7, 11) is 1.81. The highest BCUT2D eigenvalue weighted by Gasteiger charge is 2.09. The van der Waals surface area contributed by atoms with Gasteiger partial charge in [0.15, 0.2) is 5.82 Å². The molecule has 25 heavy (non-hydrogen) atoms. The molecule has 0 saturated carbocycles. The number of rotatable bonds is 5. The molecular weight excluding hydrogens is 321 g/mol. The second-order valence-corrected chi connectivity index (χ2v) is 5.69. The lowest BCUT2D eigenvalue weighted by Gasteiger charge is -2.05. The molecular formula is C18H18FN5O. The Labute approximate surface area is 144 Å². The Morgan fingerprint density at radius 1 is 1.36 bits per heavy atom. The van der Waals surface area contributed by atoms with Crippen molar-refractivity contribution in [2.75, 3.05) is 5.32 Å². The molecule has 6 nitrogen and oxygen atoms in total. The molecule has 1 amide bonds. The molecule has 0 atom stereocenters. The smallest absolute Gasteiger partial charge is 0.249 e. The van der Waals surface area contributed by atoms with Crippen molar-refractivity contribution in [1.82, 2.24) is 19.6 Å². The first-order valence-corrected chi connectivity index (χ1v) is 7.77. The number of aromatic nitrogens is 4. The van der Waals surface area contributed by atoms with Gasteiger partial charge in [0.2, 0.25) is 5.91 Å². The van der Waals surface area contributed by atoms with E-state index in [0.29, 0.717) is 17.9 Å². The molecule has 0 unspecified atom stereocenters.